The molecule has 0 radical (unpaired) electrons. The fourth-order valence-corrected chi connectivity index (χ4v) is 1.71. The number of para-hydroxylation sites is 2. The molecule has 0 spiro atoms. The molecule has 5 heteroatoms. The zero-order chi connectivity index (χ0) is 12.5. The molecule has 0 saturated heterocycles. The highest BCUT2D eigenvalue weighted by molar-refractivity contribution is 5.75. The lowest BCUT2D eigenvalue weighted by molar-refractivity contribution is 0.781. The van der Waals surface area contributed by atoms with E-state index < -0.39 is 0 Å². The largest absolute Gasteiger partial charge is 0.262 e. The van der Waals surface area contributed by atoms with Crippen molar-refractivity contribution in [1.82, 2.24) is 25.1 Å². The quantitative estimate of drug-likeness (QED) is 0.746. The molecule has 0 fully saturated rings. The molecule has 90 valence electrons. The fraction of sp³-hybridized carbons (Fsp3) is 0.231. The SMILES string of the molecule is CC(C)c1nc(-c2cnc3ccccc3n2)n[nH]1. The van der Waals surface area contributed by atoms with Gasteiger partial charge in [0.25, 0.3) is 0 Å². The molecule has 5 nitrogen and oxygen atoms in total. The van der Waals surface area contributed by atoms with Gasteiger partial charge in [-0.15, -0.1) is 0 Å². The van der Waals surface area contributed by atoms with E-state index in [9.17, 15) is 0 Å². The highest BCUT2D eigenvalue weighted by Crippen LogP contribution is 2.17. The van der Waals surface area contributed by atoms with Crippen LogP contribution in [0.1, 0.15) is 25.6 Å². The molecule has 0 aliphatic rings. The number of rotatable bonds is 2. The van der Waals surface area contributed by atoms with Crippen LogP contribution >= 0.6 is 0 Å². The Morgan fingerprint density at radius 1 is 1.06 bits per heavy atom. The van der Waals surface area contributed by atoms with Crippen LogP contribution in [-0.4, -0.2) is 25.1 Å². The lowest BCUT2D eigenvalue weighted by atomic mass is 10.2. The summed E-state index contributed by atoms with van der Waals surface area (Å²) in [5.41, 5.74) is 2.42. The molecule has 1 N–H and O–H groups in total. The van der Waals surface area contributed by atoms with Crippen molar-refractivity contribution < 1.29 is 0 Å². The maximum Gasteiger partial charge on any atom is 0.201 e. The Hall–Kier alpha value is -2.30. The first-order valence-corrected chi connectivity index (χ1v) is 5.88. The van der Waals surface area contributed by atoms with Crippen LogP contribution in [0.2, 0.25) is 0 Å². The van der Waals surface area contributed by atoms with Crippen molar-refractivity contribution in [2.75, 3.05) is 0 Å². The molecule has 0 atom stereocenters. The molecule has 0 bridgehead atoms. The molecule has 0 aliphatic carbocycles. The molecule has 0 aliphatic heterocycles. The minimum atomic E-state index is 0.319. The third-order valence-electron chi connectivity index (χ3n) is 2.73. The van der Waals surface area contributed by atoms with Gasteiger partial charge in [0.05, 0.1) is 17.2 Å². The monoisotopic (exact) mass is 239 g/mol. The second-order valence-corrected chi connectivity index (χ2v) is 4.44. The minimum absolute atomic E-state index is 0.319. The molecule has 3 aromatic rings. The van der Waals surface area contributed by atoms with E-state index in [1.807, 2.05) is 24.3 Å². The maximum absolute atomic E-state index is 4.51. The van der Waals surface area contributed by atoms with Gasteiger partial charge in [0.15, 0.2) is 0 Å². The van der Waals surface area contributed by atoms with Crippen LogP contribution in [0.5, 0.6) is 0 Å². The highest BCUT2D eigenvalue weighted by Gasteiger charge is 2.10. The summed E-state index contributed by atoms with van der Waals surface area (Å²) in [6.45, 7) is 4.13. The van der Waals surface area contributed by atoms with Crippen molar-refractivity contribution >= 4 is 11.0 Å². The van der Waals surface area contributed by atoms with Gasteiger partial charge >= 0.3 is 0 Å². The predicted octanol–water partition coefficient (Wildman–Crippen LogP) is 2.54. The zero-order valence-electron chi connectivity index (χ0n) is 10.3. The molecule has 0 unspecified atom stereocenters. The number of fused-ring (bicyclic) bond motifs is 1. The highest BCUT2D eigenvalue weighted by atomic mass is 15.2. The number of H-pyrrole nitrogens is 1. The van der Waals surface area contributed by atoms with Crippen LogP contribution in [0.3, 0.4) is 0 Å². The molecule has 2 aromatic heterocycles. The van der Waals surface area contributed by atoms with E-state index in [2.05, 4.69) is 39.0 Å². The van der Waals surface area contributed by atoms with Gasteiger partial charge in [-0.3, -0.25) is 10.1 Å². The second kappa shape index (κ2) is 4.18. The van der Waals surface area contributed by atoms with Gasteiger partial charge in [0, 0.05) is 5.92 Å². The Labute approximate surface area is 104 Å². The summed E-state index contributed by atoms with van der Waals surface area (Å²) >= 11 is 0. The second-order valence-electron chi connectivity index (χ2n) is 4.44. The Bertz CT molecular complexity index is 686. The van der Waals surface area contributed by atoms with Gasteiger partial charge in [0.2, 0.25) is 5.82 Å². The van der Waals surface area contributed by atoms with Crippen molar-refractivity contribution in [3.05, 3.63) is 36.3 Å². The van der Waals surface area contributed by atoms with E-state index in [1.165, 1.54) is 0 Å². The van der Waals surface area contributed by atoms with Crippen LogP contribution in [0, 0.1) is 0 Å². The van der Waals surface area contributed by atoms with Gasteiger partial charge in [-0.1, -0.05) is 26.0 Å². The summed E-state index contributed by atoms with van der Waals surface area (Å²) in [5.74, 6) is 1.77. The van der Waals surface area contributed by atoms with E-state index in [0.29, 0.717) is 17.4 Å². The van der Waals surface area contributed by atoms with Crippen molar-refractivity contribution in [1.29, 1.82) is 0 Å². The number of nitrogens with zero attached hydrogens (tertiary/aromatic N) is 4. The molecule has 0 amide bonds. The molecule has 2 heterocycles. The summed E-state index contributed by atoms with van der Waals surface area (Å²) in [6, 6.07) is 7.75. The number of hydrogen-bond acceptors (Lipinski definition) is 4. The molecular weight excluding hydrogens is 226 g/mol. The summed E-state index contributed by atoms with van der Waals surface area (Å²) in [5, 5.41) is 7.10. The van der Waals surface area contributed by atoms with Crippen molar-refractivity contribution in [3.63, 3.8) is 0 Å². The molecule has 0 saturated carbocycles. The third kappa shape index (κ3) is 1.84. The number of hydrogen-bond donors (Lipinski definition) is 1. The Morgan fingerprint density at radius 2 is 1.83 bits per heavy atom. The lowest BCUT2D eigenvalue weighted by Gasteiger charge is -1.98. The van der Waals surface area contributed by atoms with E-state index in [1.54, 1.807) is 6.20 Å². The lowest BCUT2D eigenvalue weighted by Crippen LogP contribution is -1.91. The standard InChI is InChI=1S/C13H13N5/c1-8(2)12-16-13(18-17-12)11-7-14-9-5-3-4-6-10(9)15-11/h3-8H,1-2H3,(H,16,17,18). The molecule has 18 heavy (non-hydrogen) atoms. The van der Waals surface area contributed by atoms with E-state index in [0.717, 1.165) is 16.9 Å². The fourth-order valence-electron chi connectivity index (χ4n) is 1.71. The van der Waals surface area contributed by atoms with Crippen LogP contribution in [0.25, 0.3) is 22.6 Å². The first-order chi connectivity index (χ1) is 8.74. The Morgan fingerprint density at radius 3 is 2.56 bits per heavy atom. The summed E-state index contributed by atoms with van der Waals surface area (Å²) in [4.78, 5) is 13.3. The maximum atomic E-state index is 4.51. The van der Waals surface area contributed by atoms with E-state index in [4.69, 9.17) is 0 Å². The van der Waals surface area contributed by atoms with E-state index in [-0.39, 0.29) is 0 Å². The minimum Gasteiger partial charge on any atom is -0.262 e. The molecule has 1 aromatic carbocycles. The number of aromatic amines is 1. The van der Waals surface area contributed by atoms with Crippen molar-refractivity contribution in [2.45, 2.75) is 19.8 Å². The molecule has 3 rings (SSSR count). The number of benzene rings is 1. The first kappa shape index (κ1) is 10.8. The topological polar surface area (TPSA) is 67.3 Å². The van der Waals surface area contributed by atoms with Crippen LogP contribution in [0.15, 0.2) is 30.5 Å². The Balaban J connectivity index is 2.07. The van der Waals surface area contributed by atoms with Gasteiger partial charge < -0.3 is 0 Å². The first-order valence-electron chi connectivity index (χ1n) is 5.88. The third-order valence-corrected chi connectivity index (χ3v) is 2.73. The molecular formula is C13H13N5. The summed E-state index contributed by atoms with van der Waals surface area (Å²) in [7, 11) is 0. The van der Waals surface area contributed by atoms with E-state index >= 15 is 0 Å². The number of nitrogens with one attached hydrogen (secondary N) is 1. The number of aromatic nitrogens is 5. The van der Waals surface area contributed by atoms with Gasteiger partial charge in [-0.2, -0.15) is 5.10 Å². The summed E-state index contributed by atoms with van der Waals surface area (Å²) in [6.07, 6.45) is 1.70. The Kier molecular flexibility index (Phi) is 2.51. The van der Waals surface area contributed by atoms with Crippen molar-refractivity contribution in [3.8, 4) is 11.5 Å². The zero-order valence-corrected chi connectivity index (χ0v) is 10.3. The van der Waals surface area contributed by atoms with Crippen LogP contribution in [0.4, 0.5) is 0 Å². The predicted molar refractivity (Wildman–Crippen MR) is 69.0 cm³/mol. The normalized spacial score (nSPS) is 11.3. The van der Waals surface area contributed by atoms with Gasteiger partial charge in [-0.25, -0.2) is 9.97 Å². The van der Waals surface area contributed by atoms with Gasteiger partial charge in [0.1, 0.15) is 11.5 Å². The summed E-state index contributed by atoms with van der Waals surface area (Å²) < 4.78 is 0. The van der Waals surface area contributed by atoms with Gasteiger partial charge in [-0.05, 0) is 12.1 Å². The average Bonchev–Trinajstić information content (AvgIpc) is 2.88. The van der Waals surface area contributed by atoms with Crippen molar-refractivity contribution in [2.24, 2.45) is 0 Å². The smallest absolute Gasteiger partial charge is 0.201 e. The van der Waals surface area contributed by atoms with Crippen LogP contribution in [-0.2, 0) is 0 Å². The average molecular weight is 239 g/mol. The van der Waals surface area contributed by atoms with Crippen LogP contribution < -0.4 is 0 Å².